The van der Waals surface area contributed by atoms with Crippen molar-refractivity contribution in [3.05, 3.63) is 29.8 Å². The third-order valence-electron chi connectivity index (χ3n) is 3.10. The highest BCUT2D eigenvalue weighted by atomic mass is 16.3. The van der Waals surface area contributed by atoms with Gasteiger partial charge in [-0.1, -0.05) is 25.5 Å². The van der Waals surface area contributed by atoms with Gasteiger partial charge in [0, 0.05) is 19.3 Å². The third-order valence-corrected chi connectivity index (χ3v) is 3.10. The van der Waals surface area contributed by atoms with Gasteiger partial charge in [-0.2, -0.15) is 0 Å². The molecule has 0 bridgehead atoms. The van der Waals surface area contributed by atoms with Crippen LogP contribution in [0.25, 0.3) is 0 Å². The Hall–Kier alpha value is -1.06. The van der Waals surface area contributed by atoms with Crippen molar-refractivity contribution in [3.63, 3.8) is 0 Å². The second-order valence-corrected chi connectivity index (χ2v) is 4.38. The first-order valence-corrected chi connectivity index (χ1v) is 6.26. The topological polar surface area (TPSA) is 43.7 Å². The first kappa shape index (κ1) is 14.0. The molecule has 0 saturated heterocycles. The summed E-state index contributed by atoms with van der Waals surface area (Å²) in [6, 6.07) is 8.39. The van der Waals surface area contributed by atoms with Crippen LogP contribution in [0.4, 0.5) is 5.69 Å². The normalized spacial score (nSPS) is 12.5. The van der Waals surface area contributed by atoms with Crippen molar-refractivity contribution in [3.8, 4) is 0 Å². The van der Waals surface area contributed by atoms with E-state index in [9.17, 15) is 5.11 Å². The van der Waals surface area contributed by atoms with E-state index in [1.807, 2.05) is 11.9 Å². The molecule has 3 heteroatoms. The number of rotatable bonds is 7. The SMILES string of the molecule is CCCc1ccc(N(C)C(CO)CCO)cc1. The number of likely N-dealkylation sites (N-methyl/N-ethyl adjacent to an activating group) is 1. The van der Waals surface area contributed by atoms with Crippen molar-refractivity contribution in [2.75, 3.05) is 25.2 Å². The average molecular weight is 237 g/mol. The standard InChI is InChI=1S/C14H23NO2/c1-3-4-12-5-7-13(8-6-12)15(2)14(11-17)9-10-16/h5-8,14,16-17H,3-4,9-11H2,1-2H3. The van der Waals surface area contributed by atoms with E-state index in [0.717, 1.165) is 18.5 Å². The van der Waals surface area contributed by atoms with Gasteiger partial charge in [-0.05, 0) is 30.5 Å². The third kappa shape index (κ3) is 4.02. The number of hydrogen-bond acceptors (Lipinski definition) is 3. The van der Waals surface area contributed by atoms with Crippen molar-refractivity contribution in [2.24, 2.45) is 0 Å². The number of benzene rings is 1. The summed E-state index contributed by atoms with van der Waals surface area (Å²) in [4.78, 5) is 2.02. The summed E-state index contributed by atoms with van der Waals surface area (Å²) in [7, 11) is 1.95. The molecule has 1 rings (SSSR count). The van der Waals surface area contributed by atoms with Gasteiger partial charge in [0.25, 0.3) is 0 Å². The minimum atomic E-state index is -0.0166. The summed E-state index contributed by atoms with van der Waals surface area (Å²) >= 11 is 0. The summed E-state index contributed by atoms with van der Waals surface area (Å²) in [5.41, 5.74) is 2.42. The van der Waals surface area contributed by atoms with Crippen LogP contribution in [0.1, 0.15) is 25.3 Å². The zero-order valence-corrected chi connectivity index (χ0v) is 10.8. The molecule has 0 amide bonds. The second-order valence-electron chi connectivity index (χ2n) is 4.38. The second kappa shape index (κ2) is 7.30. The molecular formula is C14H23NO2. The lowest BCUT2D eigenvalue weighted by Crippen LogP contribution is -2.35. The minimum Gasteiger partial charge on any atom is -0.396 e. The monoisotopic (exact) mass is 237 g/mol. The molecule has 0 saturated carbocycles. The van der Waals surface area contributed by atoms with Crippen LogP contribution < -0.4 is 4.90 Å². The van der Waals surface area contributed by atoms with Gasteiger partial charge in [-0.15, -0.1) is 0 Å². The van der Waals surface area contributed by atoms with Gasteiger partial charge >= 0.3 is 0 Å². The molecule has 17 heavy (non-hydrogen) atoms. The van der Waals surface area contributed by atoms with Gasteiger partial charge in [-0.25, -0.2) is 0 Å². The lowest BCUT2D eigenvalue weighted by Gasteiger charge is -2.28. The average Bonchev–Trinajstić information content (AvgIpc) is 2.36. The lowest BCUT2D eigenvalue weighted by molar-refractivity contribution is 0.218. The van der Waals surface area contributed by atoms with Crippen molar-refractivity contribution in [1.29, 1.82) is 0 Å². The van der Waals surface area contributed by atoms with Gasteiger partial charge < -0.3 is 15.1 Å². The van der Waals surface area contributed by atoms with Crippen LogP contribution in [0.5, 0.6) is 0 Å². The number of nitrogens with zero attached hydrogens (tertiary/aromatic N) is 1. The Morgan fingerprint density at radius 2 is 1.82 bits per heavy atom. The van der Waals surface area contributed by atoms with E-state index in [4.69, 9.17) is 5.11 Å². The Balaban J connectivity index is 2.70. The fourth-order valence-corrected chi connectivity index (χ4v) is 1.95. The largest absolute Gasteiger partial charge is 0.396 e. The van der Waals surface area contributed by atoms with Gasteiger partial charge in [-0.3, -0.25) is 0 Å². The molecule has 0 spiro atoms. The molecular weight excluding hydrogens is 214 g/mol. The van der Waals surface area contributed by atoms with Gasteiger partial charge in [0.1, 0.15) is 0 Å². The molecule has 3 nitrogen and oxygen atoms in total. The van der Waals surface area contributed by atoms with Crippen LogP contribution in [0, 0.1) is 0 Å². The zero-order valence-electron chi connectivity index (χ0n) is 10.8. The van der Waals surface area contributed by atoms with Crippen LogP contribution in [0.15, 0.2) is 24.3 Å². The molecule has 1 atom stereocenters. The van der Waals surface area contributed by atoms with E-state index in [0.29, 0.717) is 6.42 Å². The maximum absolute atomic E-state index is 9.27. The molecule has 96 valence electrons. The molecule has 0 aromatic heterocycles. The fraction of sp³-hybridized carbons (Fsp3) is 0.571. The van der Waals surface area contributed by atoms with E-state index < -0.39 is 0 Å². The summed E-state index contributed by atoms with van der Waals surface area (Å²) < 4.78 is 0. The molecule has 2 N–H and O–H groups in total. The van der Waals surface area contributed by atoms with E-state index in [2.05, 4.69) is 31.2 Å². The maximum atomic E-state index is 9.27. The summed E-state index contributed by atoms with van der Waals surface area (Å²) in [6.45, 7) is 2.33. The fourth-order valence-electron chi connectivity index (χ4n) is 1.95. The van der Waals surface area contributed by atoms with Gasteiger partial charge in [0.15, 0.2) is 0 Å². The number of hydrogen-bond donors (Lipinski definition) is 2. The summed E-state index contributed by atoms with van der Waals surface area (Å²) in [5, 5.41) is 18.2. The first-order valence-electron chi connectivity index (χ1n) is 6.26. The molecule has 0 radical (unpaired) electrons. The summed E-state index contributed by atoms with van der Waals surface area (Å²) in [6.07, 6.45) is 2.84. The highest BCUT2D eigenvalue weighted by Crippen LogP contribution is 2.18. The van der Waals surface area contributed by atoms with Crippen LogP contribution in [-0.2, 0) is 6.42 Å². The van der Waals surface area contributed by atoms with Crippen LogP contribution >= 0.6 is 0 Å². The Labute approximate surface area is 104 Å². The zero-order chi connectivity index (χ0) is 12.7. The van der Waals surface area contributed by atoms with Crippen LogP contribution in [-0.4, -0.2) is 36.5 Å². The minimum absolute atomic E-state index is 0.0166. The van der Waals surface area contributed by atoms with E-state index in [1.54, 1.807) is 0 Å². The number of aryl methyl sites for hydroxylation is 1. The maximum Gasteiger partial charge on any atom is 0.0635 e. The van der Waals surface area contributed by atoms with E-state index in [1.165, 1.54) is 5.56 Å². The van der Waals surface area contributed by atoms with Crippen molar-refractivity contribution >= 4 is 5.69 Å². The van der Waals surface area contributed by atoms with Gasteiger partial charge in [0.05, 0.1) is 12.6 Å². The highest BCUT2D eigenvalue weighted by Gasteiger charge is 2.13. The van der Waals surface area contributed by atoms with E-state index >= 15 is 0 Å². The Morgan fingerprint density at radius 3 is 2.29 bits per heavy atom. The first-order chi connectivity index (χ1) is 8.22. The Bertz CT molecular complexity index is 311. The van der Waals surface area contributed by atoms with E-state index in [-0.39, 0.29) is 19.3 Å². The number of aliphatic hydroxyl groups excluding tert-OH is 2. The van der Waals surface area contributed by atoms with Crippen molar-refractivity contribution < 1.29 is 10.2 Å². The van der Waals surface area contributed by atoms with Crippen LogP contribution in [0.2, 0.25) is 0 Å². The highest BCUT2D eigenvalue weighted by molar-refractivity contribution is 5.47. The van der Waals surface area contributed by atoms with Gasteiger partial charge in [0.2, 0.25) is 0 Å². The molecule has 1 aromatic carbocycles. The molecule has 1 unspecified atom stereocenters. The quantitative estimate of drug-likeness (QED) is 0.760. The predicted molar refractivity (Wildman–Crippen MR) is 71.4 cm³/mol. The summed E-state index contributed by atoms with van der Waals surface area (Å²) in [5.74, 6) is 0. The molecule has 0 aliphatic rings. The molecule has 0 aliphatic heterocycles. The number of anilines is 1. The molecule has 1 aromatic rings. The Kier molecular flexibility index (Phi) is 6.01. The van der Waals surface area contributed by atoms with Crippen molar-refractivity contribution in [2.45, 2.75) is 32.2 Å². The molecule has 0 fully saturated rings. The molecule has 0 aliphatic carbocycles. The predicted octanol–water partition coefficient (Wildman–Crippen LogP) is 1.82. The smallest absolute Gasteiger partial charge is 0.0635 e. The lowest BCUT2D eigenvalue weighted by atomic mass is 10.1. The van der Waals surface area contributed by atoms with Crippen LogP contribution in [0.3, 0.4) is 0 Å². The van der Waals surface area contributed by atoms with Crippen molar-refractivity contribution in [1.82, 2.24) is 0 Å². The molecule has 0 heterocycles. The Morgan fingerprint density at radius 1 is 1.18 bits per heavy atom. The number of aliphatic hydroxyl groups is 2.